The molecular weight excluding hydrogens is 275 g/mol. The second-order valence-corrected chi connectivity index (χ2v) is 7.96. The molecule has 3 atom stereocenters. The molecule has 102 valence electrons. The molecular formula is C13H19NaO4S. The van der Waals surface area contributed by atoms with Gasteiger partial charge in [0, 0.05) is 10.8 Å². The first-order chi connectivity index (χ1) is 8.28. The van der Waals surface area contributed by atoms with Crippen LogP contribution in [0.4, 0.5) is 0 Å². The number of hydrogen-bond donors (Lipinski definition) is 1. The van der Waals surface area contributed by atoms with E-state index in [-0.39, 0.29) is 34.5 Å². The van der Waals surface area contributed by atoms with Crippen molar-refractivity contribution in [3.63, 3.8) is 0 Å². The number of fused-ring (bicyclic) bond motifs is 1. The minimum atomic E-state index is -4.50. The molecule has 0 aromatic rings. The van der Waals surface area contributed by atoms with Crippen LogP contribution in [-0.2, 0) is 10.1 Å². The molecule has 4 rings (SSSR count). The van der Waals surface area contributed by atoms with Crippen molar-refractivity contribution in [3.05, 3.63) is 11.5 Å². The Hall–Kier alpha value is 0.610. The average Bonchev–Trinajstić information content (AvgIpc) is 2.36. The summed E-state index contributed by atoms with van der Waals surface area (Å²) >= 11 is 0. The SMILES string of the molecule is C=C(C1CC2CC3CC(C2)CC1(O)C3)S(=O)(=O)[O-].[Na+]. The molecule has 4 nitrogen and oxygen atoms in total. The zero-order valence-electron chi connectivity index (χ0n) is 11.3. The second kappa shape index (κ2) is 5.11. The fourth-order valence-corrected chi connectivity index (χ4v) is 5.42. The number of aliphatic hydroxyl groups is 1. The van der Waals surface area contributed by atoms with Gasteiger partial charge in [-0.05, 0) is 56.3 Å². The van der Waals surface area contributed by atoms with Crippen molar-refractivity contribution in [2.45, 2.75) is 44.1 Å². The Labute approximate surface area is 136 Å². The first-order valence-electron chi connectivity index (χ1n) is 6.65. The summed E-state index contributed by atoms with van der Waals surface area (Å²) in [5.41, 5.74) is -1.01. The summed E-state index contributed by atoms with van der Waals surface area (Å²) in [6.45, 7) is 3.48. The third kappa shape index (κ3) is 2.83. The molecule has 4 aliphatic rings. The smallest absolute Gasteiger partial charge is 0.744 e. The standard InChI is InChI=1S/C13H20O4S.Na/c1-8(18(15,16)17)12-5-9-2-10-4-11(3-9)7-13(12,14)6-10;/h9-12,14H,1-7H2,(H,15,16,17);/q;+1/p-1. The fourth-order valence-electron chi connectivity index (χ4n) is 4.75. The Morgan fingerprint density at radius 3 is 2.05 bits per heavy atom. The molecule has 0 heterocycles. The van der Waals surface area contributed by atoms with E-state index in [0.717, 1.165) is 19.3 Å². The van der Waals surface area contributed by atoms with Crippen molar-refractivity contribution in [2.24, 2.45) is 23.7 Å². The van der Waals surface area contributed by atoms with Crippen LogP contribution >= 0.6 is 0 Å². The summed E-state index contributed by atoms with van der Waals surface area (Å²) in [6.07, 6.45) is 5.19. The van der Waals surface area contributed by atoms with Crippen molar-refractivity contribution in [3.8, 4) is 0 Å². The van der Waals surface area contributed by atoms with Gasteiger partial charge >= 0.3 is 29.6 Å². The van der Waals surface area contributed by atoms with Crippen molar-refractivity contribution < 1.29 is 47.6 Å². The van der Waals surface area contributed by atoms with Crippen LogP contribution < -0.4 is 29.6 Å². The Morgan fingerprint density at radius 1 is 1.11 bits per heavy atom. The molecule has 0 aromatic heterocycles. The van der Waals surface area contributed by atoms with Crippen molar-refractivity contribution in [2.75, 3.05) is 0 Å². The van der Waals surface area contributed by atoms with E-state index >= 15 is 0 Å². The van der Waals surface area contributed by atoms with Crippen molar-refractivity contribution in [1.29, 1.82) is 0 Å². The number of hydrogen-bond acceptors (Lipinski definition) is 4. The van der Waals surface area contributed by atoms with E-state index in [9.17, 15) is 18.1 Å². The first-order valence-corrected chi connectivity index (χ1v) is 8.06. The van der Waals surface area contributed by atoms with E-state index in [2.05, 4.69) is 6.58 Å². The zero-order chi connectivity index (χ0) is 13.1. The van der Waals surface area contributed by atoms with Gasteiger partial charge in [-0.3, -0.25) is 0 Å². The molecule has 4 aliphatic carbocycles. The summed E-state index contributed by atoms with van der Waals surface area (Å²) in [7, 11) is -4.50. The Kier molecular flexibility index (Phi) is 4.30. The third-order valence-electron chi connectivity index (χ3n) is 5.21. The van der Waals surface area contributed by atoms with Crippen LogP contribution in [0.1, 0.15) is 38.5 Å². The van der Waals surface area contributed by atoms with Crippen LogP contribution in [0.3, 0.4) is 0 Å². The van der Waals surface area contributed by atoms with Gasteiger partial charge in [-0.25, -0.2) is 8.42 Å². The van der Waals surface area contributed by atoms with E-state index in [1.807, 2.05) is 0 Å². The summed E-state index contributed by atoms with van der Waals surface area (Å²) < 4.78 is 33.6. The Balaban J connectivity index is 0.00000133. The van der Waals surface area contributed by atoms with Crippen LogP contribution in [0.5, 0.6) is 0 Å². The molecule has 0 amide bonds. The topological polar surface area (TPSA) is 77.4 Å². The molecule has 0 aromatic carbocycles. The molecule has 3 unspecified atom stereocenters. The van der Waals surface area contributed by atoms with E-state index in [4.69, 9.17) is 0 Å². The minimum absolute atomic E-state index is 0. The van der Waals surface area contributed by atoms with Gasteiger partial charge in [-0.2, -0.15) is 0 Å². The molecule has 4 fully saturated rings. The summed E-state index contributed by atoms with van der Waals surface area (Å²) in [4.78, 5) is -0.293. The van der Waals surface area contributed by atoms with E-state index in [1.54, 1.807) is 0 Å². The van der Waals surface area contributed by atoms with Gasteiger partial charge in [0.1, 0.15) is 10.1 Å². The summed E-state index contributed by atoms with van der Waals surface area (Å²) in [5.74, 6) is 0.897. The van der Waals surface area contributed by atoms with E-state index in [1.165, 1.54) is 0 Å². The largest absolute Gasteiger partial charge is 1.00 e. The molecule has 0 aliphatic heterocycles. The summed E-state index contributed by atoms with van der Waals surface area (Å²) in [6, 6.07) is 0. The maximum Gasteiger partial charge on any atom is 1.00 e. The average molecular weight is 294 g/mol. The molecule has 0 radical (unpaired) electrons. The molecule has 4 bridgehead atoms. The van der Waals surface area contributed by atoms with Gasteiger partial charge in [0.2, 0.25) is 0 Å². The monoisotopic (exact) mass is 294 g/mol. The summed E-state index contributed by atoms with van der Waals surface area (Å²) in [5, 5.41) is 10.8. The van der Waals surface area contributed by atoms with Crippen LogP contribution in [0.2, 0.25) is 0 Å². The van der Waals surface area contributed by atoms with Gasteiger partial charge in [0.25, 0.3) is 0 Å². The molecule has 4 saturated carbocycles. The first kappa shape index (κ1) is 16.0. The van der Waals surface area contributed by atoms with Gasteiger partial charge in [0.15, 0.2) is 0 Å². The number of rotatable bonds is 2. The minimum Gasteiger partial charge on any atom is -0.744 e. The Morgan fingerprint density at radius 2 is 1.58 bits per heavy atom. The predicted molar refractivity (Wildman–Crippen MR) is 65.4 cm³/mol. The molecule has 0 spiro atoms. The molecule has 19 heavy (non-hydrogen) atoms. The zero-order valence-corrected chi connectivity index (χ0v) is 14.2. The Bertz CT molecular complexity index is 473. The quantitative estimate of drug-likeness (QED) is 0.503. The molecule has 1 N–H and O–H groups in total. The predicted octanol–water partition coefficient (Wildman–Crippen LogP) is -1.37. The van der Waals surface area contributed by atoms with Crippen LogP contribution in [0, 0.1) is 23.7 Å². The van der Waals surface area contributed by atoms with E-state index in [0.29, 0.717) is 37.0 Å². The van der Waals surface area contributed by atoms with E-state index < -0.39 is 21.6 Å². The van der Waals surface area contributed by atoms with Crippen molar-refractivity contribution >= 4 is 10.1 Å². The van der Waals surface area contributed by atoms with Gasteiger partial charge in [-0.15, -0.1) is 0 Å². The van der Waals surface area contributed by atoms with Crippen LogP contribution in [0.25, 0.3) is 0 Å². The third-order valence-corrected chi connectivity index (χ3v) is 6.14. The van der Waals surface area contributed by atoms with Crippen LogP contribution in [0.15, 0.2) is 11.5 Å². The van der Waals surface area contributed by atoms with Crippen LogP contribution in [-0.4, -0.2) is 23.7 Å². The second-order valence-electron chi connectivity index (χ2n) is 6.53. The molecule has 6 heteroatoms. The molecule has 0 saturated heterocycles. The van der Waals surface area contributed by atoms with Crippen molar-refractivity contribution in [1.82, 2.24) is 0 Å². The van der Waals surface area contributed by atoms with Gasteiger partial charge in [0.05, 0.1) is 5.60 Å². The maximum absolute atomic E-state index is 11.2. The maximum atomic E-state index is 11.2. The van der Waals surface area contributed by atoms with Gasteiger partial charge < -0.3 is 9.66 Å². The fraction of sp³-hybridized carbons (Fsp3) is 0.846. The normalized spacial score (nSPS) is 44.5. The van der Waals surface area contributed by atoms with Gasteiger partial charge in [-0.1, -0.05) is 6.58 Å².